The van der Waals surface area contributed by atoms with Crippen LogP contribution in [0.15, 0.2) is 66.7 Å². The van der Waals surface area contributed by atoms with Gasteiger partial charge in [0.1, 0.15) is 11.3 Å². The summed E-state index contributed by atoms with van der Waals surface area (Å²) in [6, 6.07) is 18.8. The van der Waals surface area contributed by atoms with E-state index < -0.39 is 5.92 Å². The summed E-state index contributed by atoms with van der Waals surface area (Å²) in [7, 11) is 0. The Balaban J connectivity index is 1.13. The molecule has 0 N–H and O–H groups in total. The zero-order valence-electron chi connectivity index (χ0n) is 20.4. The van der Waals surface area contributed by atoms with Gasteiger partial charge in [0.15, 0.2) is 11.5 Å². The minimum Gasteiger partial charge on any atom is -0.454 e. The van der Waals surface area contributed by atoms with Crippen LogP contribution in [-0.4, -0.2) is 62.7 Å². The molecule has 2 atom stereocenters. The fourth-order valence-corrected chi connectivity index (χ4v) is 5.84. The van der Waals surface area contributed by atoms with E-state index in [0.717, 1.165) is 11.1 Å². The summed E-state index contributed by atoms with van der Waals surface area (Å²) in [5.41, 5.74) is 3.06. The van der Waals surface area contributed by atoms with Crippen molar-refractivity contribution in [3.63, 3.8) is 0 Å². The number of piperidine rings is 1. The van der Waals surface area contributed by atoms with Crippen molar-refractivity contribution >= 4 is 23.0 Å². The van der Waals surface area contributed by atoms with E-state index in [1.807, 2.05) is 47.4 Å². The lowest BCUT2D eigenvalue weighted by atomic mass is 9.75. The van der Waals surface area contributed by atoms with Crippen molar-refractivity contribution in [1.82, 2.24) is 24.8 Å². The Morgan fingerprint density at radius 1 is 0.921 bits per heavy atom. The number of aromatic nitrogens is 3. The largest absolute Gasteiger partial charge is 0.454 e. The number of amides is 2. The van der Waals surface area contributed by atoms with Crippen molar-refractivity contribution < 1.29 is 23.5 Å². The number of likely N-dealkylation sites (tertiary alicyclic amines) is 2. The second-order valence-corrected chi connectivity index (χ2v) is 9.82. The molecule has 1 aromatic heterocycles. The molecule has 3 aromatic carbocycles. The molecule has 9 nitrogen and oxygen atoms in total. The van der Waals surface area contributed by atoms with Gasteiger partial charge in [0.25, 0.3) is 0 Å². The average Bonchev–Trinajstić information content (AvgIpc) is 3.59. The Morgan fingerprint density at radius 2 is 1.66 bits per heavy atom. The smallest absolute Gasteiger partial charge is 0.346 e. The molecule has 4 heterocycles. The lowest BCUT2D eigenvalue weighted by Gasteiger charge is -2.53. The highest BCUT2D eigenvalue weighted by Crippen LogP contribution is 2.50. The van der Waals surface area contributed by atoms with Crippen LogP contribution in [0.2, 0.25) is 0 Å². The predicted octanol–water partition coefficient (Wildman–Crippen LogP) is 4.10. The van der Waals surface area contributed by atoms with E-state index in [2.05, 4.69) is 10.3 Å². The summed E-state index contributed by atoms with van der Waals surface area (Å²) >= 11 is 0. The number of hydrogen-bond acceptors (Lipinski definition) is 6. The van der Waals surface area contributed by atoms with Crippen molar-refractivity contribution in [2.75, 3.05) is 19.9 Å². The molecule has 2 fully saturated rings. The maximum atomic E-state index is 13.6. The summed E-state index contributed by atoms with van der Waals surface area (Å²) < 4.78 is 26.0. The first-order valence-corrected chi connectivity index (χ1v) is 12.7. The van der Waals surface area contributed by atoms with Crippen LogP contribution in [0.1, 0.15) is 35.9 Å². The number of benzene rings is 3. The molecule has 0 spiro atoms. The first kappa shape index (κ1) is 22.7. The Bertz CT molecular complexity index is 1550. The number of para-hydroxylation sites is 1. The number of nitrogens with zero attached hydrogens (tertiary/aromatic N) is 5. The highest BCUT2D eigenvalue weighted by molar-refractivity contribution is 5.92. The normalized spacial score (nSPS) is 21.1. The van der Waals surface area contributed by atoms with Crippen LogP contribution in [0.4, 0.5) is 9.18 Å². The second kappa shape index (κ2) is 8.83. The first-order valence-electron chi connectivity index (χ1n) is 12.7. The van der Waals surface area contributed by atoms with E-state index in [1.54, 1.807) is 17.0 Å². The number of carbonyl (C=O) groups is 2. The Morgan fingerprint density at radius 3 is 2.47 bits per heavy atom. The van der Waals surface area contributed by atoms with Gasteiger partial charge in [-0.15, -0.1) is 5.10 Å². The van der Waals surface area contributed by atoms with E-state index in [4.69, 9.17) is 9.47 Å². The van der Waals surface area contributed by atoms with Gasteiger partial charge in [-0.1, -0.05) is 35.5 Å². The highest BCUT2D eigenvalue weighted by atomic mass is 19.1. The summed E-state index contributed by atoms with van der Waals surface area (Å²) in [6.07, 6.45) is 1.28. The van der Waals surface area contributed by atoms with E-state index >= 15 is 0 Å². The fraction of sp³-hybridized carbons (Fsp3) is 0.286. The van der Waals surface area contributed by atoms with Crippen molar-refractivity contribution in [1.29, 1.82) is 0 Å². The van der Waals surface area contributed by atoms with Crippen LogP contribution in [0.5, 0.6) is 11.5 Å². The summed E-state index contributed by atoms with van der Waals surface area (Å²) in [6.45, 7) is 1.16. The molecule has 192 valence electrons. The molecule has 3 aliphatic rings. The molecule has 0 unspecified atom stereocenters. The number of ether oxygens (including phenoxy) is 2. The molecule has 7 rings (SSSR count). The number of hydrogen-bond donors (Lipinski definition) is 0. The molecule has 0 bridgehead atoms. The molecule has 38 heavy (non-hydrogen) atoms. The van der Waals surface area contributed by atoms with Crippen LogP contribution in [0.25, 0.3) is 11.0 Å². The van der Waals surface area contributed by atoms with Crippen LogP contribution in [-0.2, 0) is 4.79 Å². The van der Waals surface area contributed by atoms with Crippen LogP contribution in [0, 0.1) is 5.82 Å². The van der Waals surface area contributed by atoms with Gasteiger partial charge in [0, 0.05) is 19.1 Å². The highest BCUT2D eigenvalue weighted by Gasteiger charge is 2.52. The van der Waals surface area contributed by atoms with Crippen molar-refractivity contribution in [2.45, 2.75) is 30.8 Å². The monoisotopic (exact) mass is 513 g/mol. The van der Waals surface area contributed by atoms with Crippen molar-refractivity contribution in [3.8, 4) is 11.5 Å². The number of halogens is 1. The third-order valence-corrected chi connectivity index (χ3v) is 7.76. The van der Waals surface area contributed by atoms with E-state index in [9.17, 15) is 14.0 Å². The van der Waals surface area contributed by atoms with Gasteiger partial charge in [-0.25, -0.2) is 9.18 Å². The minimum absolute atomic E-state index is 0.00585. The van der Waals surface area contributed by atoms with E-state index in [0.29, 0.717) is 48.5 Å². The van der Waals surface area contributed by atoms with Crippen LogP contribution in [0.3, 0.4) is 0 Å². The first-order chi connectivity index (χ1) is 18.6. The summed E-state index contributed by atoms with van der Waals surface area (Å²) in [5, 5.41) is 8.15. The third kappa shape index (κ3) is 3.59. The molecular weight excluding hydrogens is 489 g/mol. The Labute approximate surface area is 217 Å². The summed E-state index contributed by atoms with van der Waals surface area (Å²) in [4.78, 5) is 30.5. The molecule has 10 heteroatoms. The predicted molar refractivity (Wildman–Crippen MR) is 134 cm³/mol. The molecular formula is C28H24FN5O4. The molecule has 0 radical (unpaired) electrons. The minimum atomic E-state index is -0.419. The van der Waals surface area contributed by atoms with Crippen LogP contribution < -0.4 is 9.47 Å². The van der Waals surface area contributed by atoms with Crippen molar-refractivity contribution in [3.05, 3.63) is 83.7 Å². The molecule has 3 aliphatic heterocycles. The molecule has 4 aromatic rings. The second-order valence-electron chi connectivity index (χ2n) is 9.82. The lowest BCUT2D eigenvalue weighted by Crippen LogP contribution is -2.60. The van der Waals surface area contributed by atoms with Gasteiger partial charge in [-0.3, -0.25) is 4.79 Å². The van der Waals surface area contributed by atoms with E-state index in [1.165, 1.54) is 16.8 Å². The molecule has 2 saturated heterocycles. The third-order valence-electron chi connectivity index (χ3n) is 7.76. The van der Waals surface area contributed by atoms with Crippen molar-refractivity contribution in [2.24, 2.45) is 0 Å². The van der Waals surface area contributed by atoms with Gasteiger partial charge in [0.2, 0.25) is 12.7 Å². The topological polar surface area (TPSA) is 89.8 Å². The van der Waals surface area contributed by atoms with Gasteiger partial charge >= 0.3 is 6.03 Å². The van der Waals surface area contributed by atoms with Crippen LogP contribution >= 0.6 is 0 Å². The standard InChI is InChI=1S/C28H24FN5O4/c29-19-8-5-17(6-9-19)25-26(18-7-10-23-24(15-18)38-16-37-23)33(27(25)35)20-11-13-32(14-12-20)28(36)34-22-4-2-1-3-21(22)30-31-34/h1-10,15,20,25-26H,11-14,16H2/t25-,26-/m1/s1. The summed E-state index contributed by atoms with van der Waals surface area (Å²) in [5.74, 6) is 0.578. The number of rotatable bonds is 3. The number of fused-ring (bicyclic) bond motifs is 2. The Hall–Kier alpha value is -4.47. The van der Waals surface area contributed by atoms with E-state index in [-0.39, 0.29) is 36.6 Å². The van der Waals surface area contributed by atoms with Gasteiger partial charge < -0.3 is 19.3 Å². The zero-order chi connectivity index (χ0) is 25.8. The number of β-lactam (4-membered cyclic amide) rings is 1. The Kier molecular flexibility index (Phi) is 5.27. The quantitative estimate of drug-likeness (QED) is 0.383. The molecule has 0 saturated carbocycles. The lowest BCUT2D eigenvalue weighted by molar-refractivity contribution is -0.156. The molecule has 0 aliphatic carbocycles. The number of carbonyl (C=O) groups excluding carboxylic acids is 2. The maximum Gasteiger partial charge on any atom is 0.346 e. The fourth-order valence-electron chi connectivity index (χ4n) is 5.84. The van der Waals surface area contributed by atoms with Gasteiger partial charge in [-0.2, -0.15) is 4.68 Å². The SMILES string of the molecule is O=C1[C@H](c2ccc(F)cc2)[C@@H](c2ccc3c(c2)OCO3)N1C1CCN(C(=O)n2nnc3ccccc32)CC1. The van der Waals surface area contributed by atoms with Gasteiger partial charge in [-0.05, 0) is 60.4 Å². The van der Waals surface area contributed by atoms with Gasteiger partial charge in [0.05, 0.1) is 17.5 Å². The average molecular weight is 514 g/mol. The zero-order valence-corrected chi connectivity index (χ0v) is 20.4. The molecule has 2 amide bonds. The maximum absolute atomic E-state index is 13.6.